The second kappa shape index (κ2) is 6.08. The zero-order chi connectivity index (χ0) is 18.9. The van der Waals surface area contributed by atoms with E-state index < -0.39 is 0 Å². The summed E-state index contributed by atoms with van der Waals surface area (Å²) in [6.45, 7) is 0.835. The third-order valence-corrected chi connectivity index (χ3v) is 8.17. The van der Waals surface area contributed by atoms with Crippen LogP contribution in [0.25, 0.3) is 0 Å². The van der Waals surface area contributed by atoms with Crippen LogP contribution < -0.4 is 10.2 Å². The number of anilines is 2. The monoisotopic (exact) mass is 378 g/mol. The van der Waals surface area contributed by atoms with Gasteiger partial charge in [-0.2, -0.15) is 0 Å². The van der Waals surface area contributed by atoms with Crippen LogP contribution in [0.3, 0.4) is 0 Å². The molecule has 4 bridgehead atoms. The molecule has 0 atom stereocenters. The van der Waals surface area contributed by atoms with E-state index in [-0.39, 0.29) is 17.2 Å². The molecule has 1 heterocycles. The van der Waals surface area contributed by atoms with E-state index in [2.05, 4.69) is 17.4 Å². The van der Waals surface area contributed by atoms with Crippen LogP contribution in [-0.4, -0.2) is 18.4 Å². The smallest absolute Gasteiger partial charge is 0.230 e. The molecule has 1 N–H and O–H groups in total. The number of nitrogens with zero attached hydrogens (tertiary/aromatic N) is 1. The van der Waals surface area contributed by atoms with E-state index in [1.165, 1.54) is 24.8 Å². The molecule has 1 aliphatic heterocycles. The maximum Gasteiger partial charge on any atom is 0.230 e. The average molecular weight is 379 g/mol. The normalized spacial score (nSPS) is 35.6. The van der Waals surface area contributed by atoms with Crippen LogP contribution in [0.15, 0.2) is 18.2 Å². The number of amides is 2. The summed E-state index contributed by atoms with van der Waals surface area (Å²) < 4.78 is 0. The van der Waals surface area contributed by atoms with E-state index in [0.717, 1.165) is 80.6 Å². The SMILES string of the molecule is O=C(C1CC1)N1CCCc2cc(NC(=O)C34CC5CC(CC(C5)C3)C4)ccc21. The van der Waals surface area contributed by atoms with Gasteiger partial charge >= 0.3 is 0 Å². The Morgan fingerprint density at radius 2 is 1.68 bits per heavy atom. The molecule has 4 heteroatoms. The molecule has 0 unspecified atom stereocenters. The summed E-state index contributed by atoms with van der Waals surface area (Å²) in [6.07, 6.45) is 11.5. The van der Waals surface area contributed by atoms with Gasteiger partial charge in [-0.15, -0.1) is 0 Å². The van der Waals surface area contributed by atoms with Crippen molar-refractivity contribution >= 4 is 23.2 Å². The number of benzene rings is 1. The third-order valence-electron chi connectivity index (χ3n) is 8.17. The molecule has 1 aromatic carbocycles. The summed E-state index contributed by atoms with van der Waals surface area (Å²) in [6, 6.07) is 6.19. The Labute approximate surface area is 167 Å². The van der Waals surface area contributed by atoms with Gasteiger partial charge in [0.2, 0.25) is 11.8 Å². The van der Waals surface area contributed by atoms with Gasteiger partial charge in [0, 0.05) is 23.8 Å². The highest BCUT2D eigenvalue weighted by atomic mass is 16.2. The van der Waals surface area contributed by atoms with Crippen molar-refractivity contribution in [2.24, 2.45) is 29.1 Å². The molecule has 5 saturated carbocycles. The summed E-state index contributed by atoms with van der Waals surface area (Å²) >= 11 is 0. The molecule has 2 amide bonds. The largest absolute Gasteiger partial charge is 0.326 e. The summed E-state index contributed by atoms with van der Waals surface area (Å²) in [5, 5.41) is 3.29. The number of fused-ring (bicyclic) bond motifs is 1. The van der Waals surface area contributed by atoms with E-state index in [1.54, 1.807) is 0 Å². The first kappa shape index (κ1) is 17.1. The number of carbonyl (C=O) groups is 2. The molecule has 7 rings (SSSR count). The zero-order valence-corrected chi connectivity index (χ0v) is 16.6. The summed E-state index contributed by atoms with van der Waals surface area (Å²) in [5.74, 6) is 3.15. The van der Waals surface area contributed by atoms with Crippen LogP contribution in [0.2, 0.25) is 0 Å². The molecule has 0 radical (unpaired) electrons. The average Bonchev–Trinajstić information content (AvgIpc) is 3.51. The van der Waals surface area contributed by atoms with Gasteiger partial charge in [-0.1, -0.05) is 0 Å². The minimum Gasteiger partial charge on any atom is -0.326 e. The van der Waals surface area contributed by atoms with Gasteiger partial charge in [0.05, 0.1) is 5.41 Å². The lowest BCUT2D eigenvalue weighted by Gasteiger charge is -2.55. The number of hydrogen-bond donors (Lipinski definition) is 1. The zero-order valence-electron chi connectivity index (χ0n) is 16.6. The predicted molar refractivity (Wildman–Crippen MR) is 109 cm³/mol. The Bertz CT molecular complexity index is 806. The summed E-state index contributed by atoms with van der Waals surface area (Å²) in [5.41, 5.74) is 3.08. The van der Waals surface area contributed by atoms with Crippen molar-refractivity contribution in [3.8, 4) is 0 Å². The van der Waals surface area contributed by atoms with E-state index in [0.29, 0.717) is 5.91 Å². The summed E-state index contributed by atoms with van der Waals surface area (Å²) in [7, 11) is 0. The van der Waals surface area contributed by atoms with Gasteiger partial charge < -0.3 is 10.2 Å². The van der Waals surface area contributed by atoms with Crippen molar-refractivity contribution in [1.82, 2.24) is 0 Å². The van der Waals surface area contributed by atoms with E-state index in [1.807, 2.05) is 11.0 Å². The summed E-state index contributed by atoms with van der Waals surface area (Å²) in [4.78, 5) is 27.9. The fraction of sp³-hybridized carbons (Fsp3) is 0.667. The molecule has 28 heavy (non-hydrogen) atoms. The van der Waals surface area contributed by atoms with Crippen molar-refractivity contribution in [3.63, 3.8) is 0 Å². The minimum absolute atomic E-state index is 0.112. The van der Waals surface area contributed by atoms with Crippen LogP contribution in [-0.2, 0) is 16.0 Å². The van der Waals surface area contributed by atoms with Gasteiger partial charge in [-0.05, 0) is 106 Å². The highest BCUT2D eigenvalue weighted by molar-refractivity contribution is 5.99. The number of nitrogens with one attached hydrogen (secondary N) is 1. The second-order valence-electron chi connectivity index (χ2n) is 10.4. The lowest BCUT2D eigenvalue weighted by atomic mass is 9.49. The highest BCUT2D eigenvalue weighted by Crippen LogP contribution is 2.60. The molecular formula is C24H30N2O2. The maximum atomic E-state index is 13.3. The number of hydrogen-bond acceptors (Lipinski definition) is 2. The first-order chi connectivity index (χ1) is 13.6. The van der Waals surface area contributed by atoms with Gasteiger partial charge in [-0.3, -0.25) is 9.59 Å². The Hall–Kier alpha value is -1.84. The van der Waals surface area contributed by atoms with E-state index in [4.69, 9.17) is 0 Å². The maximum absolute atomic E-state index is 13.3. The predicted octanol–water partition coefficient (Wildman–Crippen LogP) is 4.53. The molecule has 5 aliphatic carbocycles. The Kier molecular flexibility index (Phi) is 3.70. The molecule has 4 nitrogen and oxygen atoms in total. The van der Waals surface area contributed by atoms with Crippen molar-refractivity contribution < 1.29 is 9.59 Å². The molecule has 1 aromatic rings. The molecule has 0 aromatic heterocycles. The van der Waals surface area contributed by atoms with Gasteiger partial charge in [0.25, 0.3) is 0 Å². The molecule has 0 saturated heterocycles. The Morgan fingerprint density at radius 3 is 2.32 bits per heavy atom. The Balaban J connectivity index is 1.22. The fourth-order valence-electron chi connectivity index (χ4n) is 7.11. The quantitative estimate of drug-likeness (QED) is 0.840. The van der Waals surface area contributed by atoms with Gasteiger partial charge in [0.1, 0.15) is 0 Å². The van der Waals surface area contributed by atoms with E-state index >= 15 is 0 Å². The standard InChI is InChI=1S/C24H30N2O2/c27-22(18-3-4-18)26-7-1-2-19-11-20(5-6-21(19)26)25-23(28)24-12-15-8-16(13-24)10-17(9-15)14-24/h5-6,11,15-18H,1-4,7-10,12-14H2,(H,25,28). The number of carbonyl (C=O) groups excluding carboxylic acids is 2. The Morgan fingerprint density at radius 1 is 1.00 bits per heavy atom. The topological polar surface area (TPSA) is 49.4 Å². The van der Waals surface area contributed by atoms with Gasteiger partial charge in [-0.25, -0.2) is 0 Å². The van der Waals surface area contributed by atoms with Crippen molar-refractivity contribution in [2.75, 3.05) is 16.8 Å². The highest BCUT2D eigenvalue weighted by Gasteiger charge is 2.54. The molecular weight excluding hydrogens is 348 g/mol. The van der Waals surface area contributed by atoms with Crippen LogP contribution in [0.5, 0.6) is 0 Å². The third kappa shape index (κ3) is 2.71. The molecule has 5 fully saturated rings. The lowest BCUT2D eigenvalue weighted by molar-refractivity contribution is -0.140. The van der Waals surface area contributed by atoms with Gasteiger partial charge in [0.15, 0.2) is 0 Å². The van der Waals surface area contributed by atoms with Crippen molar-refractivity contribution in [1.29, 1.82) is 0 Å². The number of aryl methyl sites for hydroxylation is 1. The van der Waals surface area contributed by atoms with Crippen LogP contribution in [0, 0.1) is 29.1 Å². The lowest BCUT2D eigenvalue weighted by Crippen LogP contribution is -2.51. The van der Waals surface area contributed by atoms with Crippen LogP contribution in [0.1, 0.15) is 63.4 Å². The molecule has 148 valence electrons. The van der Waals surface area contributed by atoms with Crippen molar-refractivity contribution in [2.45, 2.75) is 64.2 Å². The molecule has 6 aliphatic rings. The first-order valence-corrected chi connectivity index (χ1v) is 11.4. The van der Waals surface area contributed by atoms with Crippen LogP contribution in [0.4, 0.5) is 11.4 Å². The fourth-order valence-corrected chi connectivity index (χ4v) is 7.11. The first-order valence-electron chi connectivity index (χ1n) is 11.4. The molecule has 0 spiro atoms. The van der Waals surface area contributed by atoms with Crippen LogP contribution >= 0.6 is 0 Å². The number of rotatable bonds is 3. The van der Waals surface area contributed by atoms with Crippen molar-refractivity contribution in [3.05, 3.63) is 23.8 Å². The van der Waals surface area contributed by atoms with E-state index in [9.17, 15) is 9.59 Å². The second-order valence-corrected chi connectivity index (χ2v) is 10.4. The minimum atomic E-state index is -0.112.